The van der Waals surface area contributed by atoms with Crippen LogP contribution in [0.1, 0.15) is 5.56 Å². The van der Waals surface area contributed by atoms with Gasteiger partial charge in [-0.25, -0.2) is 14.5 Å². The van der Waals surface area contributed by atoms with Crippen LogP contribution in [0.2, 0.25) is 15.1 Å². The topological polar surface area (TPSA) is 95.9 Å². The highest BCUT2D eigenvalue weighted by atomic mass is 35.5. The standard InChI is InChI=1S/C18H11Cl3N2O5/c19-10-2-1-3-11(7-10)23-17(26)14(22-18(23)27)6-9-4-12(20)16(13(21)5-9)28-8-15(24)25/h1-7H,8H2,(H,22,27)(H,24,25)/b14-6+. The Labute approximate surface area is 174 Å². The van der Waals surface area contributed by atoms with Gasteiger partial charge in [0.15, 0.2) is 12.4 Å². The van der Waals surface area contributed by atoms with Crippen LogP contribution in [0.15, 0.2) is 42.1 Å². The van der Waals surface area contributed by atoms with Crippen molar-refractivity contribution in [3.63, 3.8) is 0 Å². The number of carbonyl (C=O) groups excluding carboxylic acids is 2. The molecule has 7 nitrogen and oxygen atoms in total. The van der Waals surface area contributed by atoms with E-state index in [0.29, 0.717) is 16.3 Å². The molecule has 0 bridgehead atoms. The lowest BCUT2D eigenvalue weighted by atomic mass is 10.1. The summed E-state index contributed by atoms with van der Waals surface area (Å²) in [7, 11) is 0. The van der Waals surface area contributed by atoms with Crippen molar-refractivity contribution in [2.45, 2.75) is 0 Å². The number of nitrogens with zero attached hydrogens (tertiary/aromatic N) is 1. The van der Waals surface area contributed by atoms with Crippen molar-refractivity contribution in [2.24, 2.45) is 0 Å². The Balaban J connectivity index is 1.89. The Morgan fingerprint density at radius 3 is 2.43 bits per heavy atom. The number of ether oxygens (including phenoxy) is 1. The first-order valence-electron chi connectivity index (χ1n) is 7.72. The van der Waals surface area contributed by atoms with E-state index in [-0.39, 0.29) is 21.5 Å². The minimum atomic E-state index is -1.18. The van der Waals surface area contributed by atoms with Crippen LogP contribution in [0.3, 0.4) is 0 Å². The van der Waals surface area contributed by atoms with Crippen LogP contribution in [0.25, 0.3) is 6.08 Å². The molecule has 0 aromatic heterocycles. The average molecular weight is 442 g/mol. The number of imide groups is 1. The lowest BCUT2D eigenvalue weighted by Crippen LogP contribution is -2.30. The Morgan fingerprint density at radius 2 is 1.82 bits per heavy atom. The molecule has 1 aliphatic heterocycles. The van der Waals surface area contributed by atoms with Crippen LogP contribution in [0.5, 0.6) is 5.75 Å². The molecule has 28 heavy (non-hydrogen) atoms. The number of nitrogens with one attached hydrogen (secondary N) is 1. The fraction of sp³-hybridized carbons (Fsp3) is 0.0556. The van der Waals surface area contributed by atoms with E-state index in [2.05, 4.69) is 5.32 Å². The van der Waals surface area contributed by atoms with E-state index in [9.17, 15) is 14.4 Å². The molecule has 1 heterocycles. The molecule has 2 aromatic carbocycles. The van der Waals surface area contributed by atoms with Crippen molar-refractivity contribution >= 4 is 64.5 Å². The zero-order chi connectivity index (χ0) is 20.4. The Kier molecular flexibility index (Phi) is 5.79. The van der Waals surface area contributed by atoms with Gasteiger partial charge in [-0.3, -0.25) is 4.79 Å². The summed E-state index contributed by atoms with van der Waals surface area (Å²) in [6, 6.07) is 8.54. The van der Waals surface area contributed by atoms with E-state index in [0.717, 1.165) is 4.90 Å². The summed E-state index contributed by atoms with van der Waals surface area (Å²) in [6.45, 7) is -0.608. The van der Waals surface area contributed by atoms with E-state index < -0.39 is 24.5 Å². The molecule has 0 atom stereocenters. The van der Waals surface area contributed by atoms with Gasteiger partial charge >= 0.3 is 12.0 Å². The minimum absolute atomic E-state index is 0.00946. The van der Waals surface area contributed by atoms with E-state index in [1.165, 1.54) is 24.3 Å². The lowest BCUT2D eigenvalue weighted by Gasteiger charge is -2.11. The Bertz CT molecular complexity index is 999. The average Bonchev–Trinajstić information content (AvgIpc) is 2.87. The summed E-state index contributed by atoms with van der Waals surface area (Å²) in [6.07, 6.45) is 1.39. The molecule has 3 rings (SSSR count). The Morgan fingerprint density at radius 1 is 1.14 bits per heavy atom. The van der Waals surface area contributed by atoms with Gasteiger partial charge in [0.1, 0.15) is 5.70 Å². The maximum atomic E-state index is 12.6. The van der Waals surface area contributed by atoms with Gasteiger partial charge in [-0.2, -0.15) is 0 Å². The van der Waals surface area contributed by atoms with Crippen LogP contribution >= 0.6 is 34.8 Å². The second kappa shape index (κ2) is 8.10. The van der Waals surface area contributed by atoms with Gasteiger partial charge in [0.05, 0.1) is 15.7 Å². The first-order valence-corrected chi connectivity index (χ1v) is 8.86. The zero-order valence-electron chi connectivity index (χ0n) is 13.9. The van der Waals surface area contributed by atoms with Gasteiger partial charge in [0.2, 0.25) is 0 Å². The quantitative estimate of drug-likeness (QED) is 0.535. The van der Waals surface area contributed by atoms with Gasteiger partial charge < -0.3 is 15.2 Å². The van der Waals surface area contributed by atoms with Crippen molar-refractivity contribution in [1.82, 2.24) is 5.32 Å². The molecular weight excluding hydrogens is 431 g/mol. The molecule has 1 fully saturated rings. The van der Waals surface area contributed by atoms with Crippen LogP contribution in [0, 0.1) is 0 Å². The van der Waals surface area contributed by atoms with E-state index in [4.69, 9.17) is 44.6 Å². The third-order valence-corrected chi connectivity index (χ3v) is 4.41. The summed E-state index contributed by atoms with van der Waals surface area (Å²) < 4.78 is 5.04. The molecule has 1 saturated heterocycles. The smallest absolute Gasteiger partial charge is 0.341 e. The van der Waals surface area contributed by atoms with Gasteiger partial charge in [0, 0.05) is 5.02 Å². The molecular formula is C18H11Cl3N2O5. The predicted molar refractivity (Wildman–Crippen MR) is 105 cm³/mol. The monoisotopic (exact) mass is 440 g/mol. The summed E-state index contributed by atoms with van der Waals surface area (Å²) in [5.74, 6) is -1.75. The summed E-state index contributed by atoms with van der Waals surface area (Å²) in [5, 5.41) is 11.7. The lowest BCUT2D eigenvalue weighted by molar-refractivity contribution is -0.139. The van der Waals surface area contributed by atoms with E-state index in [1.54, 1.807) is 18.2 Å². The number of hydrogen-bond donors (Lipinski definition) is 2. The van der Waals surface area contributed by atoms with E-state index in [1.807, 2.05) is 0 Å². The van der Waals surface area contributed by atoms with E-state index >= 15 is 0 Å². The molecule has 144 valence electrons. The fourth-order valence-corrected chi connectivity index (χ4v) is 3.28. The molecule has 10 heteroatoms. The number of amides is 3. The number of aliphatic carboxylic acids is 1. The second-order valence-electron chi connectivity index (χ2n) is 5.60. The number of carbonyl (C=O) groups is 3. The van der Waals surface area contributed by atoms with Gasteiger partial charge in [-0.15, -0.1) is 0 Å². The van der Waals surface area contributed by atoms with Crippen LogP contribution < -0.4 is 15.0 Å². The van der Waals surface area contributed by atoms with Gasteiger partial charge in [-0.1, -0.05) is 40.9 Å². The Hall–Kier alpha value is -2.74. The largest absolute Gasteiger partial charge is 0.479 e. The highest BCUT2D eigenvalue weighted by Gasteiger charge is 2.35. The summed E-state index contributed by atoms with van der Waals surface area (Å²) in [4.78, 5) is 36.4. The van der Waals surface area contributed by atoms with Crippen molar-refractivity contribution < 1.29 is 24.2 Å². The minimum Gasteiger partial charge on any atom is -0.479 e. The normalized spacial score (nSPS) is 15.1. The fourth-order valence-electron chi connectivity index (χ4n) is 2.49. The number of benzene rings is 2. The summed E-state index contributed by atoms with van der Waals surface area (Å²) in [5.41, 5.74) is 0.748. The van der Waals surface area contributed by atoms with Crippen LogP contribution in [-0.2, 0) is 9.59 Å². The highest BCUT2D eigenvalue weighted by molar-refractivity contribution is 6.37. The molecule has 0 spiro atoms. The highest BCUT2D eigenvalue weighted by Crippen LogP contribution is 2.35. The van der Waals surface area contributed by atoms with Crippen molar-refractivity contribution in [3.8, 4) is 5.75 Å². The molecule has 0 unspecified atom stereocenters. The van der Waals surface area contributed by atoms with Crippen LogP contribution in [-0.4, -0.2) is 29.6 Å². The molecule has 3 amide bonds. The third kappa shape index (κ3) is 4.22. The molecule has 0 saturated carbocycles. The number of carboxylic acid groups (broad SMARTS) is 1. The molecule has 0 aliphatic carbocycles. The number of urea groups is 1. The first-order chi connectivity index (χ1) is 13.3. The molecule has 2 aromatic rings. The SMILES string of the molecule is O=C(O)COc1c(Cl)cc(/C=C2/NC(=O)N(c3cccc(Cl)c3)C2=O)cc1Cl. The number of anilines is 1. The molecule has 2 N–H and O–H groups in total. The van der Waals surface area contributed by atoms with Crippen molar-refractivity contribution in [1.29, 1.82) is 0 Å². The number of rotatable bonds is 5. The zero-order valence-corrected chi connectivity index (χ0v) is 16.2. The summed E-state index contributed by atoms with van der Waals surface area (Å²) >= 11 is 18.1. The van der Waals surface area contributed by atoms with Crippen molar-refractivity contribution in [2.75, 3.05) is 11.5 Å². The number of carboxylic acids is 1. The van der Waals surface area contributed by atoms with Gasteiger partial charge in [-0.05, 0) is 42.0 Å². The second-order valence-corrected chi connectivity index (χ2v) is 6.86. The predicted octanol–water partition coefficient (Wildman–Crippen LogP) is 4.21. The molecule has 1 aliphatic rings. The van der Waals surface area contributed by atoms with Crippen molar-refractivity contribution in [3.05, 3.63) is 62.7 Å². The number of hydrogen-bond acceptors (Lipinski definition) is 4. The molecule has 0 radical (unpaired) electrons. The van der Waals surface area contributed by atoms with Gasteiger partial charge in [0.25, 0.3) is 5.91 Å². The maximum absolute atomic E-state index is 12.6. The first kappa shape index (κ1) is 20.0. The number of halogens is 3. The maximum Gasteiger partial charge on any atom is 0.341 e. The van der Waals surface area contributed by atoms with Crippen LogP contribution in [0.4, 0.5) is 10.5 Å². The third-order valence-electron chi connectivity index (χ3n) is 3.62.